The van der Waals surface area contributed by atoms with Crippen LogP contribution in [-0.4, -0.2) is 10.8 Å². The highest BCUT2D eigenvalue weighted by Gasteiger charge is 2.15. The summed E-state index contributed by atoms with van der Waals surface area (Å²) in [5, 5.41) is 1.21. The number of nitrogens with zero attached hydrogens (tertiary/aromatic N) is 1. The molecule has 0 saturated carbocycles. The van der Waals surface area contributed by atoms with Crippen LogP contribution in [0.25, 0.3) is 11.0 Å². The van der Waals surface area contributed by atoms with Crippen LogP contribution in [0.4, 0.5) is 0 Å². The molecule has 0 fully saturated rings. The van der Waals surface area contributed by atoms with Crippen molar-refractivity contribution in [2.24, 2.45) is 0 Å². The molecule has 2 aromatic heterocycles. The molecule has 0 N–H and O–H groups in total. The van der Waals surface area contributed by atoms with Crippen molar-refractivity contribution in [2.45, 2.75) is 6.92 Å². The minimum absolute atomic E-state index is 0.196. The first-order valence-electron chi connectivity index (χ1n) is 5.80. The summed E-state index contributed by atoms with van der Waals surface area (Å²) in [6.45, 7) is 2.00. The zero-order valence-corrected chi connectivity index (χ0v) is 10.9. The molecule has 0 aliphatic heterocycles. The molecule has 0 aliphatic carbocycles. The number of carbonyl (C=O) groups is 1. The highest BCUT2D eigenvalue weighted by molar-refractivity contribution is 6.29. The van der Waals surface area contributed by atoms with Crippen molar-refractivity contribution < 1.29 is 9.21 Å². The highest BCUT2D eigenvalue weighted by atomic mass is 35.5. The lowest BCUT2D eigenvalue weighted by Gasteiger charge is -1.97. The molecule has 0 unspecified atom stereocenters. The maximum atomic E-state index is 12.3. The third-order valence-electron chi connectivity index (χ3n) is 2.88. The summed E-state index contributed by atoms with van der Waals surface area (Å²) < 4.78 is 5.57. The van der Waals surface area contributed by atoms with Gasteiger partial charge >= 0.3 is 0 Å². The fourth-order valence-electron chi connectivity index (χ4n) is 1.96. The first kappa shape index (κ1) is 11.9. The molecule has 19 heavy (non-hydrogen) atoms. The van der Waals surface area contributed by atoms with Crippen LogP contribution in [-0.2, 0) is 0 Å². The Bertz CT molecular complexity index is 777. The molecular weight excluding hydrogens is 262 g/mol. The van der Waals surface area contributed by atoms with Gasteiger partial charge in [0.05, 0.1) is 0 Å². The molecule has 0 saturated heterocycles. The Balaban J connectivity index is 2.06. The van der Waals surface area contributed by atoms with Crippen LogP contribution in [0.2, 0.25) is 5.15 Å². The Morgan fingerprint density at radius 3 is 2.84 bits per heavy atom. The molecule has 4 heteroatoms. The van der Waals surface area contributed by atoms with Gasteiger partial charge in [0.1, 0.15) is 10.7 Å². The number of aryl methyl sites for hydroxylation is 1. The maximum Gasteiger partial charge on any atom is 0.228 e. The molecule has 2 heterocycles. The third kappa shape index (κ3) is 2.25. The number of hydrogen-bond acceptors (Lipinski definition) is 3. The van der Waals surface area contributed by atoms with Crippen LogP contribution in [0.15, 0.2) is 47.0 Å². The van der Waals surface area contributed by atoms with Gasteiger partial charge in [0.2, 0.25) is 5.78 Å². The van der Waals surface area contributed by atoms with E-state index in [9.17, 15) is 4.79 Å². The fraction of sp³-hybridized carbons (Fsp3) is 0.0667. The lowest BCUT2D eigenvalue weighted by atomic mass is 10.1. The van der Waals surface area contributed by atoms with E-state index in [4.69, 9.17) is 16.0 Å². The quantitative estimate of drug-likeness (QED) is 0.522. The van der Waals surface area contributed by atoms with E-state index in [1.165, 1.54) is 12.3 Å². The largest absolute Gasteiger partial charge is 0.453 e. The van der Waals surface area contributed by atoms with Gasteiger partial charge in [0, 0.05) is 17.1 Å². The Hall–Kier alpha value is -2.13. The van der Waals surface area contributed by atoms with Crippen LogP contribution in [0, 0.1) is 6.92 Å². The third-order valence-corrected chi connectivity index (χ3v) is 3.09. The Morgan fingerprint density at radius 1 is 1.21 bits per heavy atom. The number of carbonyl (C=O) groups excluding carboxylic acids is 1. The second-order valence-corrected chi connectivity index (χ2v) is 4.74. The first-order chi connectivity index (χ1) is 9.13. The standard InChI is InChI=1S/C15H10ClNO2/c1-9-2-3-12-11(6-9)7-13(19-12)15(18)10-4-5-17-14(16)8-10/h2-8H,1H3. The average molecular weight is 272 g/mol. The molecule has 1 aromatic carbocycles. The number of halogens is 1. The van der Waals surface area contributed by atoms with E-state index in [1.54, 1.807) is 12.1 Å². The van der Waals surface area contributed by atoms with Crippen LogP contribution >= 0.6 is 11.6 Å². The zero-order valence-electron chi connectivity index (χ0n) is 10.2. The Labute approximate surface area is 114 Å². The Morgan fingerprint density at radius 2 is 2.05 bits per heavy atom. The lowest BCUT2D eigenvalue weighted by Crippen LogP contribution is -1.99. The molecule has 0 aliphatic rings. The number of ketones is 1. The topological polar surface area (TPSA) is 43.1 Å². The minimum Gasteiger partial charge on any atom is -0.453 e. The number of furan rings is 1. The smallest absolute Gasteiger partial charge is 0.228 e. The fourth-order valence-corrected chi connectivity index (χ4v) is 2.13. The summed E-state index contributed by atoms with van der Waals surface area (Å²) in [7, 11) is 0. The molecule has 3 rings (SSSR count). The highest BCUT2D eigenvalue weighted by Crippen LogP contribution is 2.23. The number of hydrogen-bond donors (Lipinski definition) is 0. The van der Waals surface area contributed by atoms with Gasteiger partial charge in [0.15, 0.2) is 5.76 Å². The molecule has 0 amide bonds. The van der Waals surface area contributed by atoms with Gasteiger partial charge in [-0.15, -0.1) is 0 Å². The minimum atomic E-state index is -0.196. The van der Waals surface area contributed by atoms with Gasteiger partial charge in [-0.2, -0.15) is 0 Å². The monoisotopic (exact) mass is 271 g/mol. The number of rotatable bonds is 2. The van der Waals surface area contributed by atoms with Gasteiger partial charge in [-0.3, -0.25) is 4.79 Å². The van der Waals surface area contributed by atoms with E-state index in [0.29, 0.717) is 16.9 Å². The van der Waals surface area contributed by atoms with Crippen molar-refractivity contribution in [2.75, 3.05) is 0 Å². The van der Waals surface area contributed by atoms with E-state index < -0.39 is 0 Å². The van der Waals surface area contributed by atoms with Gasteiger partial charge < -0.3 is 4.42 Å². The van der Waals surface area contributed by atoms with Crippen molar-refractivity contribution in [1.29, 1.82) is 0 Å². The van der Waals surface area contributed by atoms with E-state index in [0.717, 1.165) is 10.9 Å². The van der Waals surface area contributed by atoms with E-state index >= 15 is 0 Å². The summed E-state index contributed by atoms with van der Waals surface area (Å²) in [6, 6.07) is 10.7. The van der Waals surface area contributed by atoms with Gasteiger partial charge in [0.25, 0.3) is 0 Å². The second-order valence-electron chi connectivity index (χ2n) is 4.35. The maximum absolute atomic E-state index is 12.3. The van der Waals surface area contributed by atoms with Crippen LogP contribution in [0.1, 0.15) is 21.7 Å². The summed E-state index contributed by atoms with van der Waals surface area (Å²) >= 11 is 5.78. The van der Waals surface area contributed by atoms with Crippen molar-refractivity contribution in [1.82, 2.24) is 4.98 Å². The van der Waals surface area contributed by atoms with Crippen LogP contribution < -0.4 is 0 Å². The SMILES string of the molecule is Cc1ccc2oc(C(=O)c3ccnc(Cl)c3)cc2c1. The predicted octanol–water partition coefficient (Wildman–Crippen LogP) is 4.02. The summed E-state index contributed by atoms with van der Waals surface area (Å²) in [5.41, 5.74) is 2.30. The Kier molecular flexibility index (Phi) is 2.84. The summed E-state index contributed by atoms with van der Waals surface area (Å²) in [6.07, 6.45) is 1.50. The van der Waals surface area contributed by atoms with Crippen molar-refractivity contribution in [3.05, 3.63) is 64.6 Å². The molecule has 0 bridgehead atoms. The number of benzene rings is 1. The van der Waals surface area contributed by atoms with E-state index in [2.05, 4.69) is 4.98 Å². The lowest BCUT2D eigenvalue weighted by molar-refractivity contribution is 0.101. The van der Waals surface area contributed by atoms with E-state index in [1.807, 2.05) is 25.1 Å². The molecule has 94 valence electrons. The summed E-state index contributed by atoms with van der Waals surface area (Å²) in [4.78, 5) is 16.1. The molecular formula is C15H10ClNO2. The van der Waals surface area contributed by atoms with Crippen molar-refractivity contribution in [3.8, 4) is 0 Å². The molecule has 3 aromatic rings. The number of aromatic nitrogens is 1. The first-order valence-corrected chi connectivity index (χ1v) is 6.18. The van der Waals surface area contributed by atoms with Crippen molar-refractivity contribution in [3.63, 3.8) is 0 Å². The van der Waals surface area contributed by atoms with Crippen LogP contribution in [0.3, 0.4) is 0 Å². The predicted molar refractivity (Wildman–Crippen MR) is 73.6 cm³/mol. The molecule has 0 spiro atoms. The van der Waals surface area contributed by atoms with Gasteiger partial charge in [-0.05, 0) is 37.3 Å². The zero-order chi connectivity index (χ0) is 13.4. The number of fused-ring (bicyclic) bond motifs is 1. The number of pyridine rings is 1. The van der Waals surface area contributed by atoms with Crippen molar-refractivity contribution >= 4 is 28.4 Å². The van der Waals surface area contributed by atoms with Crippen LogP contribution in [0.5, 0.6) is 0 Å². The molecule has 0 radical (unpaired) electrons. The molecule has 3 nitrogen and oxygen atoms in total. The molecule has 0 atom stereocenters. The average Bonchev–Trinajstić information content (AvgIpc) is 2.80. The summed E-state index contributed by atoms with van der Waals surface area (Å²) in [5.74, 6) is 0.112. The van der Waals surface area contributed by atoms with E-state index in [-0.39, 0.29) is 10.9 Å². The normalized spacial score (nSPS) is 10.8. The van der Waals surface area contributed by atoms with Gasteiger partial charge in [-0.1, -0.05) is 23.2 Å². The van der Waals surface area contributed by atoms with Gasteiger partial charge in [-0.25, -0.2) is 4.98 Å². The second kappa shape index (κ2) is 4.52.